The molecule has 1 N–H and O–H groups in total. The summed E-state index contributed by atoms with van der Waals surface area (Å²) in [5.41, 5.74) is 1.15. The number of benzene rings is 2. The molecular weight excluding hydrogens is 370 g/mol. The maximum Gasteiger partial charge on any atom is 0.255 e. The number of hydrogen-bond donors (Lipinski definition) is 1. The number of hydrogen-bond acceptors (Lipinski definition) is 6. The van der Waals surface area contributed by atoms with Crippen molar-refractivity contribution in [2.75, 3.05) is 12.4 Å². The number of rotatable bonds is 6. The Kier molecular flexibility index (Phi) is 5.15. The van der Waals surface area contributed by atoms with Crippen molar-refractivity contribution >= 4 is 11.6 Å². The van der Waals surface area contributed by atoms with E-state index < -0.39 is 0 Å². The third-order valence-corrected chi connectivity index (χ3v) is 4.03. The molecule has 0 bridgehead atoms. The van der Waals surface area contributed by atoms with E-state index in [0.29, 0.717) is 34.4 Å². The van der Waals surface area contributed by atoms with Gasteiger partial charge in [0.1, 0.15) is 17.8 Å². The van der Waals surface area contributed by atoms with Gasteiger partial charge in [0.2, 0.25) is 5.88 Å². The molecule has 0 unspecified atom stereocenters. The second kappa shape index (κ2) is 8.22. The van der Waals surface area contributed by atoms with Gasteiger partial charge in [-0.25, -0.2) is 14.6 Å². The Morgan fingerprint density at radius 1 is 1.00 bits per heavy atom. The topological polar surface area (TPSA) is 91.2 Å². The highest BCUT2D eigenvalue weighted by Crippen LogP contribution is 2.23. The van der Waals surface area contributed by atoms with E-state index in [2.05, 4.69) is 20.4 Å². The minimum absolute atomic E-state index is 0.225. The summed E-state index contributed by atoms with van der Waals surface area (Å²) in [5.74, 6) is 1.97. The normalized spacial score (nSPS) is 10.4. The Labute approximate surface area is 166 Å². The molecule has 8 nitrogen and oxygen atoms in total. The molecule has 0 saturated carbocycles. The highest BCUT2D eigenvalue weighted by molar-refractivity contribution is 6.04. The number of carbonyl (C=O) groups is 1. The van der Waals surface area contributed by atoms with E-state index in [9.17, 15) is 4.79 Å². The zero-order valence-corrected chi connectivity index (χ0v) is 15.5. The van der Waals surface area contributed by atoms with Crippen LogP contribution in [-0.4, -0.2) is 32.8 Å². The van der Waals surface area contributed by atoms with Gasteiger partial charge in [0.15, 0.2) is 5.82 Å². The lowest BCUT2D eigenvalue weighted by molar-refractivity contribution is 0.102. The van der Waals surface area contributed by atoms with Crippen LogP contribution in [0, 0.1) is 0 Å². The first-order valence-corrected chi connectivity index (χ1v) is 8.77. The molecule has 144 valence electrons. The number of amides is 1. The molecule has 1 amide bonds. The molecule has 2 aromatic heterocycles. The van der Waals surface area contributed by atoms with Crippen LogP contribution >= 0.6 is 0 Å². The van der Waals surface area contributed by atoms with E-state index in [1.165, 1.54) is 6.33 Å². The molecule has 0 aliphatic rings. The van der Waals surface area contributed by atoms with Crippen LogP contribution in [0.15, 0.2) is 79.4 Å². The second-order valence-corrected chi connectivity index (χ2v) is 5.98. The van der Waals surface area contributed by atoms with Crippen molar-refractivity contribution in [3.05, 3.63) is 84.9 Å². The molecule has 4 rings (SSSR count). The molecule has 0 aliphatic heterocycles. The van der Waals surface area contributed by atoms with Gasteiger partial charge in [0.05, 0.1) is 7.11 Å². The average molecular weight is 387 g/mol. The van der Waals surface area contributed by atoms with E-state index in [-0.39, 0.29) is 5.91 Å². The molecule has 2 heterocycles. The maximum atomic E-state index is 12.4. The average Bonchev–Trinajstić information content (AvgIpc) is 3.30. The van der Waals surface area contributed by atoms with Crippen LogP contribution in [-0.2, 0) is 0 Å². The zero-order valence-electron chi connectivity index (χ0n) is 15.5. The first kappa shape index (κ1) is 18.2. The van der Waals surface area contributed by atoms with Gasteiger partial charge in [-0.2, -0.15) is 5.10 Å². The van der Waals surface area contributed by atoms with Gasteiger partial charge in [-0.15, -0.1) is 0 Å². The van der Waals surface area contributed by atoms with Crippen molar-refractivity contribution in [2.24, 2.45) is 0 Å². The molecule has 0 aliphatic carbocycles. The summed E-state index contributed by atoms with van der Waals surface area (Å²) in [6.45, 7) is 0. The number of methoxy groups -OCH3 is 1. The smallest absolute Gasteiger partial charge is 0.255 e. The van der Waals surface area contributed by atoms with E-state index in [0.717, 1.165) is 0 Å². The Morgan fingerprint density at radius 2 is 1.86 bits per heavy atom. The van der Waals surface area contributed by atoms with Gasteiger partial charge in [-0.05, 0) is 48.5 Å². The lowest BCUT2D eigenvalue weighted by atomic mass is 10.2. The lowest BCUT2D eigenvalue weighted by Crippen LogP contribution is -2.11. The molecule has 0 fully saturated rings. The molecule has 0 spiro atoms. The van der Waals surface area contributed by atoms with E-state index in [4.69, 9.17) is 9.47 Å². The summed E-state index contributed by atoms with van der Waals surface area (Å²) in [6, 6.07) is 17.4. The van der Waals surface area contributed by atoms with Crippen LogP contribution < -0.4 is 14.8 Å². The summed E-state index contributed by atoms with van der Waals surface area (Å²) in [5, 5.41) is 6.97. The van der Waals surface area contributed by atoms with Crippen LogP contribution in [0.3, 0.4) is 0 Å². The number of nitrogens with one attached hydrogen (secondary N) is 1. The van der Waals surface area contributed by atoms with Gasteiger partial charge >= 0.3 is 0 Å². The standard InChI is InChI=1S/C21H17N5O3/c1-28-18-5-2-4-15(12-18)21(27)25-16-6-8-17(9-7-16)29-20-13-19(22-14-23-20)26-11-3-10-24-26/h2-14H,1H3,(H,25,27). The highest BCUT2D eigenvalue weighted by atomic mass is 16.5. The van der Waals surface area contributed by atoms with Gasteiger partial charge in [-0.1, -0.05) is 6.07 Å². The van der Waals surface area contributed by atoms with E-state index in [1.807, 2.05) is 0 Å². The monoisotopic (exact) mass is 387 g/mol. The highest BCUT2D eigenvalue weighted by Gasteiger charge is 2.08. The summed E-state index contributed by atoms with van der Waals surface area (Å²) in [4.78, 5) is 20.7. The number of aromatic nitrogens is 4. The van der Waals surface area contributed by atoms with Crippen LogP contribution in [0.25, 0.3) is 5.82 Å². The molecule has 0 atom stereocenters. The number of carbonyl (C=O) groups excluding carboxylic acids is 1. The van der Waals surface area contributed by atoms with E-state index >= 15 is 0 Å². The Balaban J connectivity index is 1.43. The number of anilines is 1. The lowest BCUT2D eigenvalue weighted by Gasteiger charge is -2.09. The molecule has 0 saturated heterocycles. The summed E-state index contributed by atoms with van der Waals surface area (Å²) in [6.07, 6.45) is 4.86. The Bertz CT molecular complexity index is 1110. The molecule has 29 heavy (non-hydrogen) atoms. The fourth-order valence-corrected chi connectivity index (χ4v) is 2.61. The first-order chi connectivity index (χ1) is 14.2. The van der Waals surface area contributed by atoms with Crippen molar-refractivity contribution in [1.82, 2.24) is 19.7 Å². The third-order valence-electron chi connectivity index (χ3n) is 4.03. The van der Waals surface area contributed by atoms with Gasteiger partial charge in [0.25, 0.3) is 5.91 Å². The molecule has 0 radical (unpaired) electrons. The summed E-state index contributed by atoms with van der Waals surface area (Å²) in [7, 11) is 1.56. The quantitative estimate of drug-likeness (QED) is 0.542. The fourth-order valence-electron chi connectivity index (χ4n) is 2.61. The minimum atomic E-state index is -0.225. The van der Waals surface area contributed by atoms with Crippen molar-refractivity contribution in [1.29, 1.82) is 0 Å². The van der Waals surface area contributed by atoms with Crippen molar-refractivity contribution in [3.8, 4) is 23.2 Å². The molecule has 4 aromatic rings. The first-order valence-electron chi connectivity index (χ1n) is 8.77. The van der Waals surface area contributed by atoms with Gasteiger partial charge < -0.3 is 14.8 Å². The van der Waals surface area contributed by atoms with E-state index in [1.54, 1.807) is 84.8 Å². The predicted octanol–water partition coefficient (Wildman–Crippen LogP) is 3.72. The second-order valence-electron chi connectivity index (χ2n) is 5.98. The number of ether oxygens (including phenoxy) is 2. The summed E-state index contributed by atoms with van der Waals surface area (Å²) >= 11 is 0. The van der Waals surface area contributed by atoms with Crippen LogP contribution in [0.2, 0.25) is 0 Å². The Hall–Kier alpha value is -4.20. The molecular formula is C21H17N5O3. The zero-order chi connectivity index (χ0) is 20.1. The SMILES string of the molecule is COc1cccc(C(=O)Nc2ccc(Oc3cc(-n4cccn4)ncn3)cc2)c1. The van der Waals surface area contributed by atoms with Crippen molar-refractivity contribution in [3.63, 3.8) is 0 Å². The summed E-state index contributed by atoms with van der Waals surface area (Å²) < 4.78 is 12.5. The molecule has 2 aromatic carbocycles. The van der Waals surface area contributed by atoms with Gasteiger partial charge in [-0.3, -0.25) is 4.79 Å². The minimum Gasteiger partial charge on any atom is -0.497 e. The van der Waals surface area contributed by atoms with Crippen molar-refractivity contribution < 1.29 is 14.3 Å². The predicted molar refractivity (Wildman–Crippen MR) is 107 cm³/mol. The number of nitrogens with zero attached hydrogens (tertiary/aromatic N) is 4. The third kappa shape index (κ3) is 4.38. The van der Waals surface area contributed by atoms with Crippen LogP contribution in [0.5, 0.6) is 17.4 Å². The van der Waals surface area contributed by atoms with Gasteiger partial charge in [0, 0.05) is 29.7 Å². The largest absolute Gasteiger partial charge is 0.497 e. The Morgan fingerprint density at radius 3 is 2.62 bits per heavy atom. The van der Waals surface area contributed by atoms with Crippen LogP contribution in [0.4, 0.5) is 5.69 Å². The molecule has 8 heteroatoms. The fraction of sp³-hybridized carbons (Fsp3) is 0.0476. The van der Waals surface area contributed by atoms with Crippen LogP contribution in [0.1, 0.15) is 10.4 Å². The maximum absolute atomic E-state index is 12.4. The van der Waals surface area contributed by atoms with Crippen molar-refractivity contribution in [2.45, 2.75) is 0 Å².